The lowest BCUT2D eigenvalue weighted by molar-refractivity contribution is 0.526. The summed E-state index contributed by atoms with van der Waals surface area (Å²) in [5, 5.41) is 0. The summed E-state index contributed by atoms with van der Waals surface area (Å²) in [6.07, 6.45) is 12.0. The minimum atomic E-state index is 0.107. The summed E-state index contributed by atoms with van der Waals surface area (Å²) in [4.78, 5) is 16.2. The lowest BCUT2D eigenvalue weighted by Crippen LogP contribution is -2.25. The lowest BCUT2D eigenvalue weighted by Gasteiger charge is -2.09. The van der Waals surface area contributed by atoms with Crippen LogP contribution in [-0.4, -0.2) is 9.55 Å². The maximum atomic E-state index is 11.9. The SMILES string of the molecule is CCCCCCCCCCn1c(C)ncc(I)c1=O. The molecule has 0 unspecified atom stereocenters. The van der Waals surface area contributed by atoms with Gasteiger partial charge >= 0.3 is 0 Å². The van der Waals surface area contributed by atoms with Gasteiger partial charge in [0.05, 0.1) is 3.57 Å². The van der Waals surface area contributed by atoms with Gasteiger partial charge in [0.15, 0.2) is 0 Å². The smallest absolute Gasteiger partial charge is 0.266 e. The topological polar surface area (TPSA) is 34.9 Å². The molecule has 1 rings (SSSR count). The number of hydrogen-bond acceptors (Lipinski definition) is 2. The van der Waals surface area contributed by atoms with E-state index < -0.39 is 0 Å². The Morgan fingerprint density at radius 1 is 1.11 bits per heavy atom. The van der Waals surface area contributed by atoms with Crippen LogP contribution in [0.1, 0.15) is 64.1 Å². The highest BCUT2D eigenvalue weighted by atomic mass is 127. The van der Waals surface area contributed by atoms with Gasteiger partial charge in [0, 0.05) is 12.7 Å². The van der Waals surface area contributed by atoms with Crippen LogP contribution < -0.4 is 5.56 Å². The van der Waals surface area contributed by atoms with Crippen molar-refractivity contribution in [2.45, 2.75) is 71.8 Å². The third-order valence-corrected chi connectivity index (χ3v) is 4.18. The van der Waals surface area contributed by atoms with E-state index in [-0.39, 0.29) is 5.56 Å². The number of nitrogens with zero attached hydrogens (tertiary/aromatic N) is 2. The van der Waals surface area contributed by atoms with E-state index >= 15 is 0 Å². The van der Waals surface area contributed by atoms with Crippen molar-refractivity contribution in [2.24, 2.45) is 0 Å². The highest BCUT2D eigenvalue weighted by Crippen LogP contribution is 2.09. The van der Waals surface area contributed by atoms with E-state index in [0.29, 0.717) is 3.57 Å². The Hall–Kier alpha value is -0.390. The van der Waals surface area contributed by atoms with Crippen LogP contribution in [0.3, 0.4) is 0 Å². The van der Waals surface area contributed by atoms with Gasteiger partial charge in [-0.2, -0.15) is 0 Å². The number of aryl methyl sites for hydroxylation is 1. The maximum Gasteiger partial charge on any atom is 0.266 e. The Morgan fingerprint density at radius 2 is 1.68 bits per heavy atom. The molecule has 0 radical (unpaired) electrons. The summed E-state index contributed by atoms with van der Waals surface area (Å²) in [6, 6.07) is 0. The second-order valence-corrected chi connectivity index (χ2v) is 6.25. The number of halogens is 1. The Balaban J connectivity index is 2.23. The molecule has 0 aliphatic rings. The molecule has 1 heterocycles. The maximum absolute atomic E-state index is 11.9. The van der Waals surface area contributed by atoms with Crippen molar-refractivity contribution < 1.29 is 0 Å². The molecule has 0 aromatic carbocycles. The van der Waals surface area contributed by atoms with Crippen LogP contribution in [0.5, 0.6) is 0 Å². The lowest BCUT2D eigenvalue weighted by atomic mass is 10.1. The van der Waals surface area contributed by atoms with Crippen LogP contribution in [0.4, 0.5) is 0 Å². The molecule has 0 aliphatic carbocycles. The highest BCUT2D eigenvalue weighted by molar-refractivity contribution is 14.1. The van der Waals surface area contributed by atoms with Crippen molar-refractivity contribution in [3.05, 3.63) is 25.9 Å². The first kappa shape index (κ1) is 16.7. The Bertz CT molecular complexity index is 429. The first-order valence-corrected chi connectivity index (χ1v) is 8.46. The zero-order valence-electron chi connectivity index (χ0n) is 12.1. The van der Waals surface area contributed by atoms with Crippen LogP contribution in [0, 0.1) is 10.5 Å². The zero-order valence-corrected chi connectivity index (χ0v) is 14.3. The second kappa shape index (κ2) is 9.50. The van der Waals surface area contributed by atoms with E-state index in [1.54, 1.807) is 10.8 Å². The average molecular weight is 376 g/mol. The van der Waals surface area contributed by atoms with E-state index in [0.717, 1.165) is 18.8 Å². The largest absolute Gasteiger partial charge is 0.296 e. The molecule has 0 atom stereocenters. The molecule has 19 heavy (non-hydrogen) atoms. The van der Waals surface area contributed by atoms with E-state index in [2.05, 4.69) is 34.5 Å². The molecule has 0 spiro atoms. The Labute approximate surface area is 130 Å². The molecule has 0 aliphatic heterocycles. The molecule has 0 N–H and O–H groups in total. The molecule has 1 aromatic heterocycles. The summed E-state index contributed by atoms with van der Waals surface area (Å²) in [7, 11) is 0. The predicted molar refractivity (Wildman–Crippen MR) is 88.6 cm³/mol. The molecule has 0 fully saturated rings. The van der Waals surface area contributed by atoms with Crippen molar-refractivity contribution in [1.82, 2.24) is 9.55 Å². The van der Waals surface area contributed by atoms with Gasteiger partial charge in [-0.15, -0.1) is 0 Å². The van der Waals surface area contributed by atoms with Crippen LogP contribution >= 0.6 is 22.6 Å². The second-order valence-electron chi connectivity index (χ2n) is 5.09. The monoisotopic (exact) mass is 376 g/mol. The van der Waals surface area contributed by atoms with Crippen molar-refractivity contribution in [3.63, 3.8) is 0 Å². The fourth-order valence-electron chi connectivity index (χ4n) is 2.22. The predicted octanol–water partition coefficient (Wildman–Crippen LogP) is 4.30. The summed E-state index contributed by atoms with van der Waals surface area (Å²) in [5.41, 5.74) is 0.107. The van der Waals surface area contributed by atoms with Crippen molar-refractivity contribution in [2.75, 3.05) is 0 Å². The quantitative estimate of drug-likeness (QED) is 0.476. The summed E-state index contributed by atoms with van der Waals surface area (Å²) >= 11 is 2.06. The molecule has 1 aromatic rings. The van der Waals surface area contributed by atoms with Gasteiger partial charge in [-0.1, -0.05) is 51.9 Å². The molecule has 0 saturated heterocycles. The number of unbranched alkanes of at least 4 members (excludes halogenated alkanes) is 7. The third-order valence-electron chi connectivity index (χ3n) is 3.44. The molecular formula is C15H25IN2O. The fourth-order valence-corrected chi connectivity index (χ4v) is 2.65. The van der Waals surface area contributed by atoms with Crippen LogP contribution in [0.25, 0.3) is 0 Å². The van der Waals surface area contributed by atoms with Crippen molar-refractivity contribution in [3.8, 4) is 0 Å². The molecule has 0 bridgehead atoms. The normalized spacial score (nSPS) is 10.9. The van der Waals surface area contributed by atoms with Gasteiger partial charge < -0.3 is 0 Å². The molecular weight excluding hydrogens is 351 g/mol. The molecule has 0 saturated carbocycles. The Kier molecular flexibility index (Phi) is 8.34. The highest BCUT2D eigenvalue weighted by Gasteiger charge is 2.04. The number of rotatable bonds is 9. The van der Waals surface area contributed by atoms with Crippen LogP contribution in [0.2, 0.25) is 0 Å². The van der Waals surface area contributed by atoms with E-state index in [9.17, 15) is 4.79 Å². The standard InChI is InChI=1S/C15H25IN2O/c1-3-4-5-6-7-8-9-10-11-18-13(2)17-12-14(16)15(18)19/h12H,3-11H2,1-2H3. The summed E-state index contributed by atoms with van der Waals surface area (Å²) < 4.78 is 2.52. The first-order valence-electron chi connectivity index (χ1n) is 7.38. The van der Waals surface area contributed by atoms with Crippen molar-refractivity contribution >= 4 is 22.6 Å². The van der Waals surface area contributed by atoms with Crippen LogP contribution in [-0.2, 0) is 6.54 Å². The molecule has 0 amide bonds. The average Bonchev–Trinajstić information content (AvgIpc) is 2.40. The van der Waals surface area contributed by atoms with Gasteiger partial charge in [0.2, 0.25) is 0 Å². The summed E-state index contributed by atoms with van der Waals surface area (Å²) in [5.74, 6) is 0.827. The molecule has 4 heteroatoms. The zero-order chi connectivity index (χ0) is 14.1. The van der Waals surface area contributed by atoms with E-state index in [1.165, 1.54) is 44.9 Å². The van der Waals surface area contributed by atoms with Crippen molar-refractivity contribution in [1.29, 1.82) is 0 Å². The van der Waals surface area contributed by atoms with Gasteiger partial charge in [-0.25, -0.2) is 4.98 Å². The first-order chi connectivity index (χ1) is 9.16. The minimum Gasteiger partial charge on any atom is -0.296 e. The third kappa shape index (κ3) is 6.06. The van der Waals surface area contributed by atoms with Gasteiger partial charge in [-0.3, -0.25) is 9.36 Å². The fraction of sp³-hybridized carbons (Fsp3) is 0.733. The van der Waals surface area contributed by atoms with Gasteiger partial charge in [0.25, 0.3) is 5.56 Å². The van der Waals surface area contributed by atoms with E-state index in [4.69, 9.17) is 0 Å². The Morgan fingerprint density at radius 3 is 2.32 bits per heavy atom. The minimum absolute atomic E-state index is 0.107. The van der Waals surface area contributed by atoms with Gasteiger partial charge in [-0.05, 0) is 35.9 Å². The van der Waals surface area contributed by atoms with Crippen LogP contribution in [0.15, 0.2) is 11.0 Å². The molecule has 108 valence electrons. The van der Waals surface area contributed by atoms with E-state index in [1.807, 2.05) is 6.92 Å². The summed E-state index contributed by atoms with van der Waals surface area (Å²) in [6.45, 7) is 4.96. The molecule has 3 nitrogen and oxygen atoms in total. The number of aromatic nitrogens is 2. The number of hydrogen-bond donors (Lipinski definition) is 0. The van der Waals surface area contributed by atoms with Gasteiger partial charge in [0.1, 0.15) is 5.82 Å².